The Hall–Kier alpha value is -3.11. The molecule has 4 aromatic rings. The number of aliphatic hydroxyl groups excluding tert-OH is 1. The molecule has 0 aliphatic rings. The first-order chi connectivity index (χ1) is 11.8. The molecule has 0 unspecified atom stereocenters. The van der Waals surface area contributed by atoms with Crippen molar-refractivity contribution in [1.82, 2.24) is 15.0 Å². The Morgan fingerprint density at radius 3 is 2.46 bits per heavy atom. The van der Waals surface area contributed by atoms with Gasteiger partial charge in [0.25, 0.3) is 0 Å². The first-order valence-corrected chi connectivity index (χ1v) is 7.73. The second-order valence-corrected chi connectivity index (χ2v) is 5.48. The van der Waals surface area contributed by atoms with Gasteiger partial charge in [0.15, 0.2) is 5.82 Å². The zero-order valence-corrected chi connectivity index (χ0v) is 12.9. The topological polar surface area (TPSA) is 58.9 Å². The SMILES string of the molecule is OCc1ccccc1-c1cccc(-c2ncc3ccccc3n2)n1. The maximum absolute atomic E-state index is 9.53. The smallest absolute Gasteiger partial charge is 0.178 e. The molecule has 2 aromatic carbocycles. The largest absolute Gasteiger partial charge is 0.392 e. The Labute approximate surface area is 139 Å². The molecule has 24 heavy (non-hydrogen) atoms. The molecule has 4 rings (SSSR count). The summed E-state index contributed by atoms with van der Waals surface area (Å²) in [5.74, 6) is 0.594. The minimum absolute atomic E-state index is 0.0193. The van der Waals surface area contributed by atoms with E-state index in [0.29, 0.717) is 11.5 Å². The van der Waals surface area contributed by atoms with E-state index in [0.717, 1.165) is 27.7 Å². The number of nitrogens with zero attached hydrogens (tertiary/aromatic N) is 3. The summed E-state index contributed by atoms with van der Waals surface area (Å²) >= 11 is 0. The van der Waals surface area contributed by atoms with E-state index in [9.17, 15) is 5.11 Å². The number of benzene rings is 2. The van der Waals surface area contributed by atoms with Crippen molar-refractivity contribution in [1.29, 1.82) is 0 Å². The Morgan fingerprint density at radius 1 is 0.750 bits per heavy atom. The van der Waals surface area contributed by atoms with Crippen LogP contribution in [-0.4, -0.2) is 20.1 Å². The average molecular weight is 313 g/mol. The molecule has 0 saturated heterocycles. The van der Waals surface area contributed by atoms with E-state index in [1.807, 2.05) is 72.9 Å². The molecule has 2 heterocycles. The molecule has 0 aliphatic carbocycles. The molecule has 1 N–H and O–H groups in total. The zero-order chi connectivity index (χ0) is 16.4. The van der Waals surface area contributed by atoms with E-state index in [1.54, 1.807) is 0 Å². The van der Waals surface area contributed by atoms with Gasteiger partial charge in [-0.3, -0.25) is 0 Å². The Morgan fingerprint density at radius 2 is 1.54 bits per heavy atom. The van der Waals surface area contributed by atoms with Crippen LogP contribution in [0.3, 0.4) is 0 Å². The van der Waals surface area contributed by atoms with Gasteiger partial charge in [-0.2, -0.15) is 0 Å². The first-order valence-electron chi connectivity index (χ1n) is 7.73. The van der Waals surface area contributed by atoms with E-state index in [4.69, 9.17) is 4.98 Å². The quantitative estimate of drug-likeness (QED) is 0.624. The minimum atomic E-state index is -0.0193. The Balaban J connectivity index is 1.81. The third-order valence-corrected chi connectivity index (χ3v) is 3.93. The lowest BCUT2D eigenvalue weighted by atomic mass is 10.0. The lowest BCUT2D eigenvalue weighted by Crippen LogP contribution is -1.95. The van der Waals surface area contributed by atoms with Crippen LogP contribution < -0.4 is 0 Å². The molecule has 0 radical (unpaired) electrons. The summed E-state index contributed by atoms with van der Waals surface area (Å²) in [7, 11) is 0. The molecular formula is C20H15N3O. The third-order valence-electron chi connectivity index (χ3n) is 3.93. The second kappa shape index (κ2) is 6.18. The second-order valence-electron chi connectivity index (χ2n) is 5.48. The fraction of sp³-hybridized carbons (Fsp3) is 0.0500. The Kier molecular flexibility index (Phi) is 3.73. The highest BCUT2D eigenvalue weighted by Crippen LogP contribution is 2.24. The number of para-hydroxylation sites is 1. The number of pyridine rings is 1. The molecule has 0 aliphatic heterocycles. The van der Waals surface area contributed by atoms with Gasteiger partial charge < -0.3 is 5.11 Å². The fourth-order valence-corrected chi connectivity index (χ4v) is 2.71. The fourth-order valence-electron chi connectivity index (χ4n) is 2.71. The van der Waals surface area contributed by atoms with Gasteiger partial charge >= 0.3 is 0 Å². The summed E-state index contributed by atoms with van der Waals surface area (Å²) in [6, 6.07) is 21.3. The van der Waals surface area contributed by atoms with Gasteiger partial charge in [-0.1, -0.05) is 48.5 Å². The van der Waals surface area contributed by atoms with Gasteiger partial charge in [-0.25, -0.2) is 15.0 Å². The zero-order valence-electron chi connectivity index (χ0n) is 12.9. The van der Waals surface area contributed by atoms with E-state index in [2.05, 4.69) is 9.97 Å². The molecule has 0 bridgehead atoms. The van der Waals surface area contributed by atoms with Crippen LogP contribution in [0.25, 0.3) is 33.7 Å². The highest BCUT2D eigenvalue weighted by molar-refractivity contribution is 5.79. The first kappa shape index (κ1) is 14.5. The molecule has 0 spiro atoms. The van der Waals surface area contributed by atoms with Crippen LogP contribution >= 0.6 is 0 Å². The molecule has 0 atom stereocenters. The molecule has 2 aromatic heterocycles. The number of aliphatic hydroxyl groups is 1. The van der Waals surface area contributed by atoms with Gasteiger partial charge in [-0.05, 0) is 23.8 Å². The van der Waals surface area contributed by atoms with E-state index in [1.165, 1.54) is 0 Å². The molecule has 0 fully saturated rings. The Bertz CT molecular complexity index is 1010. The lowest BCUT2D eigenvalue weighted by molar-refractivity contribution is 0.282. The summed E-state index contributed by atoms with van der Waals surface area (Å²) in [5.41, 5.74) is 4.18. The lowest BCUT2D eigenvalue weighted by Gasteiger charge is -2.08. The average Bonchev–Trinajstić information content (AvgIpc) is 2.67. The van der Waals surface area contributed by atoms with Crippen LogP contribution in [-0.2, 0) is 6.61 Å². The summed E-state index contributed by atoms with van der Waals surface area (Å²) in [5, 5.41) is 10.5. The summed E-state index contributed by atoms with van der Waals surface area (Å²) in [4.78, 5) is 13.7. The molecule has 4 heteroatoms. The summed E-state index contributed by atoms with van der Waals surface area (Å²) in [6.07, 6.45) is 1.81. The van der Waals surface area contributed by atoms with Gasteiger partial charge in [0, 0.05) is 17.1 Å². The van der Waals surface area contributed by atoms with Crippen LogP contribution in [0.5, 0.6) is 0 Å². The monoisotopic (exact) mass is 313 g/mol. The number of fused-ring (bicyclic) bond motifs is 1. The highest BCUT2D eigenvalue weighted by atomic mass is 16.3. The van der Waals surface area contributed by atoms with Crippen molar-refractivity contribution in [2.45, 2.75) is 6.61 Å². The molecule has 0 saturated carbocycles. The maximum atomic E-state index is 9.53. The van der Waals surface area contributed by atoms with Crippen molar-refractivity contribution in [3.8, 4) is 22.8 Å². The van der Waals surface area contributed by atoms with Crippen molar-refractivity contribution in [3.05, 3.63) is 78.5 Å². The van der Waals surface area contributed by atoms with Crippen LogP contribution in [0.15, 0.2) is 72.9 Å². The number of hydrogen-bond acceptors (Lipinski definition) is 4. The predicted molar refractivity (Wildman–Crippen MR) is 94.1 cm³/mol. The standard InChI is InChI=1S/C20H15N3O/c24-13-15-7-1-3-8-16(15)18-10-5-11-19(22-18)20-21-12-14-6-2-4-9-17(14)23-20/h1-12,24H,13H2. The van der Waals surface area contributed by atoms with Crippen LogP contribution in [0.1, 0.15) is 5.56 Å². The predicted octanol–water partition coefficient (Wildman–Crippen LogP) is 3.85. The number of aromatic nitrogens is 3. The van der Waals surface area contributed by atoms with Crippen LogP contribution in [0.2, 0.25) is 0 Å². The number of hydrogen-bond donors (Lipinski definition) is 1. The molecule has 0 amide bonds. The van der Waals surface area contributed by atoms with Gasteiger partial charge in [0.2, 0.25) is 0 Å². The maximum Gasteiger partial charge on any atom is 0.178 e. The van der Waals surface area contributed by atoms with E-state index in [-0.39, 0.29) is 6.61 Å². The molecule has 116 valence electrons. The van der Waals surface area contributed by atoms with Crippen molar-refractivity contribution >= 4 is 10.9 Å². The van der Waals surface area contributed by atoms with Gasteiger partial charge in [0.1, 0.15) is 5.69 Å². The van der Waals surface area contributed by atoms with E-state index < -0.39 is 0 Å². The van der Waals surface area contributed by atoms with Crippen molar-refractivity contribution in [2.24, 2.45) is 0 Å². The minimum Gasteiger partial charge on any atom is -0.392 e. The number of rotatable bonds is 3. The van der Waals surface area contributed by atoms with Crippen molar-refractivity contribution in [2.75, 3.05) is 0 Å². The highest BCUT2D eigenvalue weighted by Gasteiger charge is 2.09. The summed E-state index contributed by atoms with van der Waals surface area (Å²) < 4.78 is 0. The van der Waals surface area contributed by atoms with E-state index >= 15 is 0 Å². The van der Waals surface area contributed by atoms with Crippen molar-refractivity contribution in [3.63, 3.8) is 0 Å². The molecular weight excluding hydrogens is 298 g/mol. The van der Waals surface area contributed by atoms with Crippen LogP contribution in [0.4, 0.5) is 0 Å². The normalized spacial score (nSPS) is 10.9. The summed E-state index contributed by atoms with van der Waals surface area (Å²) in [6.45, 7) is -0.0193. The van der Waals surface area contributed by atoms with Gasteiger partial charge in [0.05, 0.1) is 17.8 Å². The van der Waals surface area contributed by atoms with Crippen molar-refractivity contribution < 1.29 is 5.11 Å². The van der Waals surface area contributed by atoms with Gasteiger partial charge in [-0.15, -0.1) is 0 Å². The van der Waals surface area contributed by atoms with Crippen LogP contribution in [0, 0.1) is 0 Å². The third kappa shape index (κ3) is 2.64. The molecule has 4 nitrogen and oxygen atoms in total.